The van der Waals surface area contributed by atoms with Crippen LogP contribution in [0.4, 0.5) is 21.5 Å². The van der Waals surface area contributed by atoms with E-state index >= 15 is 0 Å². The molecule has 12 heteroatoms. The lowest BCUT2D eigenvalue weighted by atomic mass is 9.83. The second-order valence-electron chi connectivity index (χ2n) is 10.5. The molecule has 0 spiro atoms. The van der Waals surface area contributed by atoms with E-state index in [9.17, 15) is 23.6 Å². The molecule has 8 nitrogen and oxygen atoms in total. The molecule has 3 heterocycles. The first kappa shape index (κ1) is 30.3. The highest BCUT2D eigenvalue weighted by Gasteiger charge is 2.56. The number of hydrogen-bond acceptors (Lipinski definition) is 7. The molecule has 3 unspecified atom stereocenters. The van der Waals surface area contributed by atoms with E-state index in [1.807, 2.05) is 24.3 Å². The molecule has 2 aliphatic heterocycles. The van der Waals surface area contributed by atoms with Crippen LogP contribution in [0.15, 0.2) is 87.1 Å². The molecule has 0 aliphatic carbocycles. The third-order valence-electron chi connectivity index (χ3n) is 7.94. The minimum absolute atomic E-state index is 0.293. The number of nitrogens with one attached hydrogen (secondary N) is 1. The zero-order chi connectivity index (χ0) is 31.1. The lowest BCUT2D eigenvalue weighted by molar-refractivity contribution is -0.122. The van der Waals surface area contributed by atoms with Gasteiger partial charge in [-0.05, 0) is 80.1 Å². The quantitative estimate of drug-likeness (QED) is 0.225. The van der Waals surface area contributed by atoms with Crippen molar-refractivity contribution in [3.8, 4) is 0 Å². The first-order valence-corrected chi connectivity index (χ1v) is 16.6. The second-order valence-corrected chi connectivity index (χ2v) is 13.5. The van der Waals surface area contributed by atoms with Gasteiger partial charge < -0.3 is 10.2 Å². The summed E-state index contributed by atoms with van der Waals surface area (Å²) in [6.07, 6.45) is 0. The van der Waals surface area contributed by atoms with E-state index in [2.05, 4.69) is 40.0 Å². The fraction of sp³-hybridized carbons (Fsp3) is 0.250. The topological polar surface area (TPSA) is 91.7 Å². The molecule has 226 valence electrons. The summed E-state index contributed by atoms with van der Waals surface area (Å²) >= 11 is 5.57. The number of thiazole rings is 1. The van der Waals surface area contributed by atoms with Crippen LogP contribution in [0.3, 0.4) is 0 Å². The third-order valence-corrected chi connectivity index (χ3v) is 11.1. The minimum Gasteiger partial charge on any atom is -0.372 e. The SMILES string of the molecule is CCN(CC)c1ccc(C2c3sc(=O)n(CC(=O)Nc4ccc(F)cc4)c3SC3C(=O)N(c4ccc(Br)cc4)C(=O)C32)cc1. The van der Waals surface area contributed by atoms with Crippen molar-refractivity contribution in [2.75, 3.05) is 28.2 Å². The van der Waals surface area contributed by atoms with Gasteiger partial charge in [-0.25, -0.2) is 9.29 Å². The zero-order valence-electron chi connectivity index (χ0n) is 23.8. The van der Waals surface area contributed by atoms with Gasteiger partial charge in [-0.3, -0.25) is 23.7 Å². The van der Waals surface area contributed by atoms with Gasteiger partial charge in [-0.1, -0.05) is 51.2 Å². The maximum absolute atomic E-state index is 14.1. The molecule has 2 aliphatic rings. The van der Waals surface area contributed by atoms with Gasteiger partial charge in [0.05, 0.1) is 16.6 Å². The van der Waals surface area contributed by atoms with Crippen LogP contribution in [0.1, 0.15) is 30.2 Å². The first-order chi connectivity index (χ1) is 21.2. The number of benzene rings is 3. The van der Waals surface area contributed by atoms with E-state index < -0.39 is 28.8 Å². The predicted octanol–water partition coefficient (Wildman–Crippen LogP) is 6.09. The van der Waals surface area contributed by atoms with Gasteiger partial charge in [0.1, 0.15) is 17.6 Å². The van der Waals surface area contributed by atoms with Crippen LogP contribution in [0.2, 0.25) is 0 Å². The number of carbonyl (C=O) groups excluding carboxylic acids is 3. The Morgan fingerprint density at radius 1 is 0.932 bits per heavy atom. The van der Waals surface area contributed by atoms with Crippen LogP contribution >= 0.6 is 39.0 Å². The number of hydrogen-bond donors (Lipinski definition) is 1. The summed E-state index contributed by atoms with van der Waals surface area (Å²) in [5, 5.41) is 2.42. The van der Waals surface area contributed by atoms with Crippen molar-refractivity contribution in [2.24, 2.45) is 5.92 Å². The Balaban J connectivity index is 1.41. The van der Waals surface area contributed by atoms with Crippen LogP contribution < -0.4 is 20.0 Å². The molecule has 1 saturated heterocycles. The Morgan fingerprint density at radius 3 is 2.23 bits per heavy atom. The Labute approximate surface area is 270 Å². The number of thioether (sulfide) groups is 1. The average Bonchev–Trinajstić information content (AvgIpc) is 3.46. The van der Waals surface area contributed by atoms with Crippen LogP contribution in [0.25, 0.3) is 0 Å². The number of amides is 3. The number of carbonyl (C=O) groups is 3. The lowest BCUT2D eigenvalue weighted by Gasteiger charge is -2.31. The largest absolute Gasteiger partial charge is 0.372 e. The monoisotopic (exact) mass is 694 g/mol. The Bertz CT molecular complexity index is 1790. The number of halogens is 2. The molecule has 4 aromatic rings. The van der Waals surface area contributed by atoms with Gasteiger partial charge in [0.2, 0.25) is 17.7 Å². The number of anilines is 3. The smallest absolute Gasteiger partial charge is 0.308 e. The average molecular weight is 696 g/mol. The molecule has 44 heavy (non-hydrogen) atoms. The molecule has 1 N–H and O–H groups in total. The highest BCUT2D eigenvalue weighted by Crippen LogP contribution is 2.54. The normalized spacial score (nSPS) is 19.1. The van der Waals surface area contributed by atoms with Crippen molar-refractivity contribution in [1.82, 2.24) is 4.57 Å². The summed E-state index contributed by atoms with van der Waals surface area (Å²) < 4.78 is 15.5. The molecule has 3 atom stereocenters. The standard InChI is InChI=1S/C32H28BrFN4O4S2/c1-3-36(4-2)22-13-5-18(6-14-22)25-26-27(30(41)38(29(26)40)23-15-7-19(33)8-16-23)43-31-28(25)44-32(42)37(31)17-24(39)35-21-11-9-20(34)10-12-21/h5-16,25-27H,3-4,17H2,1-2H3,(H,35,39). The number of rotatable bonds is 8. The van der Waals surface area contributed by atoms with Crippen LogP contribution in [-0.2, 0) is 20.9 Å². The second kappa shape index (κ2) is 12.3. The molecular formula is C32H28BrFN4O4S2. The highest BCUT2D eigenvalue weighted by atomic mass is 79.9. The third kappa shape index (κ3) is 5.50. The molecule has 0 radical (unpaired) electrons. The lowest BCUT2D eigenvalue weighted by Crippen LogP contribution is -2.33. The van der Waals surface area contributed by atoms with Gasteiger partial charge >= 0.3 is 4.87 Å². The molecule has 1 aromatic heterocycles. The molecule has 6 rings (SSSR count). The fourth-order valence-corrected chi connectivity index (χ4v) is 8.86. The van der Waals surface area contributed by atoms with Gasteiger partial charge in [-0.2, -0.15) is 0 Å². The van der Waals surface area contributed by atoms with Crippen LogP contribution in [-0.4, -0.2) is 40.6 Å². The van der Waals surface area contributed by atoms with E-state index in [1.54, 1.807) is 24.3 Å². The van der Waals surface area contributed by atoms with Crippen LogP contribution in [0, 0.1) is 11.7 Å². The highest BCUT2D eigenvalue weighted by molar-refractivity contribution is 9.10. The number of fused-ring (bicyclic) bond motifs is 2. The zero-order valence-corrected chi connectivity index (χ0v) is 27.0. The maximum atomic E-state index is 14.1. The summed E-state index contributed by atoms with van der Waals surface area (Å²) in [6, 6.07) is 20.3. The molecule has 3 amide bonds. The van der Waals surface area contributed by atoms with E-state index in [0.29, 0.717) is 21.3 Å². The number of nitrogens with zero attached hydrogens (tertiary/aromatic N) is 3. The Kier molecular flexibility index (Phi) is 8.49. The van der Waals surface area contributed by atoms with E-state index in [0.717, 1.165) is 40.1 Å². The summed E-state index contributed by atoms with van der Waals surface area (Å²) in [5.74, 6) is -2.86. The minimum atomic E-state index is -0.786. The van der Waals surface area contributed by atoms with Crippen molar-refractivity contribution < 1.29 is 18.8 Å². The van der Waals surface area contributed by atoms with E-state index in [4.69, 9.17) is 0 Å². The molecule has 1 fully saturated rings. The molecular weight excluding hydrogens is 667 g/mol. The van der Waals surface area contributed by atoms with Crippen LogP contribution in [0.5, 0.6) is 0 Å². The Hall–Kier alpha value is -3.74. The predicted molar refractivity (Wildman–Crippen MR) is 175 cm³/mol. The summed E-state index contributed by atoms with van der Waals surface area (Å²) in [4.78, 5) is 58.2. The van der Waals surface area contributed by atoms with E-state index in [-0.39, 0.29) is 23.2 Å². The van der Waals surface area contributed by atoms with E-state index in [1.165, 1.54) is 45.5 Å². The summed E-state index contributed by atoms with van der Waals surface area (Å²) in [6.45, 7) is 5.55. The number of imide groups is 1. The fourth-order valence-electron chi connectivity index (χ4n) is 5.82. The summed E-state index contributed by atoms with van der Waals surface area (Å²) in [5.41, 5.74) is 2.73. The number of aromatic nitrogens is 1. The first-order valence-electron chi connectivity index (χ1n) is 14.1. The molecule has 0 saturated carbocycles. The van der Waals surface area contributed by atoms with Crippen molar-refractivity contribution >= 4 is 73.8 Å². The maximum Gasteiger partial charge on any atom is 0.308 e. The van der Waals surface area contributed by atoms with Crippen molar-refractivity contribution in [3.05, 3.63) is 103 Å². The van der Waals surface area contributed by atoms with Crippen molar-refractivity contribution in [1.29, 1.82) is 0 Å². The van der Waals surface area contributed by atoms with Crippen molar-refractivity contribution in [3.63, 3.8) is 0 Å². The molecule has 0 bridgehead atoms. The van der Waals surface area contributed by atoms with Gasteiger partial charge in [-0.15, -0.1) is 0 Å². The van der Waals surface area contributed by atoms with Gasteiger partial charge in [0.25, 0.3) is 0 Å². The van der Waals surface area contributed by atoms with Crippen molar-refractivity contribution in [2.45, 2.75) is 36.6 Å². The molecule has 3 aromatic carbocycles. The Morgan fingerprint density at radius 2 is 1.59 bits per heavy atom. The van der Waals surface area contributed by atoms with Gasteiger partial charge in [0.15, 0.2) is 0 Å². The van der Waals surface area contributed by atoms with Gasteiger partial charge in [0, 0.05) is 39.7 Å². The summed E-state index contributed by atoms with van der Waals surface area (Å²) in [7, 11) is 0.